The van der Waals surface area contributed by atoms with Crippen LogP contribution in [0.2, 0.25) is 0 Å². The highest BCUT2D eigenvalue weighted by molar-refractivity contribution is 5.76. The van der Waals surface area contributed by atoms with Gasteiger partial charge in [-0.1, -0.05) is 44.2 Å². The third kappa shape index (κ3) is 4.17. The van der Waals surface area contributed by atoms with E-state index in [0.29, 0.717) is 0 Å². The molecule has 1 aromatic carbocycles. The van der Waals surface area contributed by atoms with E-state index in [4.69, 9.17) is 10.6 Å². The molecule has 0 aliphatic heterocycles. The summed E-state index contributed by atoms with van der Waals surface area (Å²) in [5.41, 5.74) is 0.975. The Hall–Kier alpha value is -1.39. The second kappa shape index (κ2) is 6.37. The standard InChI is InChI=1S/C13H20N2O2/c1-10(2)12(15(3)14)13(16)17-9-11-7-5-4-6-8-11/h4-8,10,12H,9,14H2,1-3H3/t12-/m1/s1. The van der Waals surface area contributed by atoms with E-state index < -0.39 is 6.04 Å². The average Bonchev–Trinajstić information content (AvgIpc) is 2.27. The lowest BCUT2D eigenvalue weighted by molar-refractivity contribution is -0.152. The van der Waals surface area contributed by atoms with Crippen molar-refractivity contribution in [2.45, 2.75) is 26.5 Å². The van der Waals surface area contributed by atoms with Crippen LogP contribution >= 0.6 is 0 Å². The number of likely N-dealkylation sites (N-methyl/N-ethyl adjacent to an activating group) is 1. The Kier molecular flexibility index (Phi) is 5.12. The van der Waals surface area contributed by atoms with Crippen molar-refractivity contribution in [2.24, 2.45) is 11.8 Å². The molecule has 1 rings (SSSR count). The number of rotatable bonds is 5. The second-order valence-electron chi connectivity index (χ2n) is 4.45. The smallest absolute Gasteiger partial charge is 0.325 e. The summed E-state index contributed by atoms with van der Waals surface area (Å²) in [7, 11) is 1.68. The van der Waals surface area contributed by atoms with Crippen LogP contribution in [0.1, 0.15) is 19.4 Å². The summed E-state index contributed by atoms with van der Waals surface area (Å²) in [6, 6.07) is 9.19. The van der Waals surface area contributed by atoms with Crippen molar-refractivity contribution in [3.05, 3.63) is 35.9 Å². The van der Waals surface area contributed by atoms with Crippen LogP contribution in [-0.4, -0.2) is 24.1 Å². The van der Waals surface area contributed by atoms with Gasteiger partial charge in [0, 0.05) is 7.05 Å². The molecule has 0 saturated carbocycles. The Balaban J connectivity index is 2.54. The highest BCUT2D eigenvalue weighted by Crippen LogP contribution is 2.10. The number of benzene rings is 1. The van der Waals surface area contributed by atoms with E-state index >= 15 is 0 Å². The minimum atomic E-state index is -0.404. The van der Waals surface area contributed by atoms with Gasteiger partial charge in [0.25, 0.3) is 0 Å². The van der Waals surface area contributed by atoms with Crippen LogP contribution in [0.15, 0.2) is 30.3 Å². The third-order valence-electron chi connectivity index (χ3n) is 2.54. The van der Waals surface area contributed by atoms with Gasteiger partial charge in [-0.2, -0.15) is 0 Å². The molecule has 0 spiro atoms. The first kappa shape index (κ1) is 13.7. The highest BCUT2D eigenvalue weighted by Gasteiger charge is 2.26. The lowest BCUT2D eigenvalue weighted by atomic mass is 10.0. The molecule has 0 aliphatic carbocycles. The van der Waals surface area contributed by atoms with Gasteiger partial charge < -0.3 is 4.74 Å². The average molecular weight is 236 g/mol. The molecule has 0 fully saturated rings. The fraction of sp³-hybridized carbons (Fsp3) is 0.462. The van der Waals surface area contributed by atoms with Gasteiger partial charge >= 0.3 is 5.97 Å². The Bertz CT molecular complexity index is 342. The molecular weight excluding hydrogens is 216 g/mol. The normalized spacial score (nSPS) is 12.8. The van der Waals surface area contributed by atoms with Gasteiger partial charge in [0.05, 0.1) is 0 Å². The van der Waals surface area contributed by atoms with Crippen molar-refractivity contribution in [3.8, 4) is 0 Å². The number of carbonyl (C=O) groups is 1. The summed E-state index contributed by atoms with van der Waals surface area (Å²) in [5, 5.41) is 1.40. The van der Waals surface area contributed by atoms with E-state index in [1.807, 2.05) is 44.2 Å². The Morgan fingerprint density at radius 1 is 1.35 bits per heavy atom. The summed E-state index contributed by atoms with van der Waals surface area (Å²) < 4.78 is 5.25. The molecule has 4 nitrogen and oxygen atoms in total. The van der Waals surface area contributed by atoms with Gasteiger partial charge in [0.15, 0.2) is 0 Å². The quantitative estimate of drug-likeness (QED) is 0.479. The van der Waals surface area contributed by atoms with Crippen molar-refractivity contribution in [3.63, 3.8) is 0 Å². The number of nitrogens with two attached hydrogens (primary N) is 1. The van der Waals surface area contributed by atoms with Crippen molar-refractivity contribution in [2.75, 3.05) is 7.05 Å². The predicted molar refractivity (Wildman–Crippen MR) is 66.8 cm³/mol. The first-order valence-electron chi connectivity index (χ1n) is 5.70. The number of esters is 1. The summed E-state index contributed by atoms with van der Waals surface area (Å²) in [6.07, 6.45) is 0. The van der Waals surface area contributed by atoms with E-state index in [0.717, 1.165) is 5.56 Å². The molecule has 0 unspecified atom stereocenters. The van der Waals surface area contributed by atoms with Crippen molar-refractivity contribution < 1.29 is 9.53 Å². The maximum Gasteiger partial charge on any atom is 0.325 e. The maximum absolute atomic E-state index is 11.9. The Labute approximate surface area is 102 Å². The number of hydrogen-bond acceptors (Lipinski definition) is 4. The second-order valence-corrected chi connectivity index (χ2v) is 4.45. The maximum atomic E-state index is 11.9. The number of carbonyl (C=O) groups excluding carboxylic acids is 1. The molecule has 0 saturated heterocycles. The SMILES string of the molecule is CC(C)[C@H](C(=O)OCc1ccccc1)N(C)N. The van der Waals surface area contributed by atoms with Crippen molar-refractivity contribution >= 4 is 5.97 Å². The Morgan fingerprint density at radius 2 is 1.94 bits per heavy atom. The molecule has 0 heterocycles. The molecule has 1 aromatic rings. The number of ether oxygens (including phenoxy) is 1. The minimum absolute atomic E-state index is 0.119. The van der Waals surface area contributed by atoms with Gasteiger partial charge in [-0.25, -0.2) is 5.01 Å². The molecule has 17 heavy (non-hydrogen) atoms. The van der Waals surface area contributed by atoms with E-state index in [1.165, 1.54) is 5.01 Å². The van der Waals surface area contributed by atoms with Gasteiger partial charge in [-0.05, 0) is 11.5 Å². The van der Waals surface area contributed by atoms with E-state index in [1.54, 1.807) is 7.05 Å². The molecule has 0 aliphatic rings. The minimum Gasteiger partial charge on any atom is -0.460 e. The van der Waals surface area contributed by atoms with Gasteiger partial charge in [-0.15, -0.1) is 0 Å². The van der Waals surface area contributed by atoms with Crippen LogP contribution in [0, 0.1) is 5.92 Å². The van der Waals surface area contributed by atoms with E-state index in [9.17, 15) is 4.79 Å². The summed E-state index contributed by atoms with van der Waals surface area (Å²) in [5.74, 6) is 5.48. The molecule has 0 amide bonds. The van der Waals surface area contributed by atoms with Gasteiger partial charge in [0.2, 0.25) is 0 Å². The lowest BCUT2D eigenvalue weighted by Crippen LogP contribution is -2.47. The zero-order valence-corrected chi connectivity index (χ0v) is 10.6. The topological polar surface area (TPSA) is 55.6 Å². The van der Waals surface area contributed by atoms with E-state index in [2.05, 4.69) is 0 Å². The molecule has 0 bridgehead atoms. The number of hydrazine groups is 1. The van der Waals surface area contributed by atoms with E-state index in [-0.39, 0.29) is 18.5 Å². The summed E-state index contributed by atoms with van der Waals surface area (Å²) in [6.45, 7) is 4.17. The largest absolute Gasteiger partial charge is 0.460 e. The third-order valence-corrected chi connectivity index (χ3v) is 2.54. The predicted octanol–water partition coefficient (Wildman–Crippen LogP) is 1.56. The first-order chi connectivity index (χ1) is 8.02. The van der Waals surface area contributed by atoms with Crippen LogP contribution in [0.5, 0.6) is 0 Å². The summed E-state index contributed by atoms with van der Waals surface area (Å²) in [4.78, 5) is 11.9. The zero-order valence-electron chi connectivity index (χ0n) is 10.6. The van der Waals surface area contributed by atoms with Crippen LogP contribution < -0.4 is 5.84 Å². The fourth-order valence-electron chi connectivity index (χ4n) is 1.72. The molecule has 4 heteroatoms. The van der Waals surface area contributed by atoms with Crippen molar-refractivity contribution in [1.82, 2.24) is 5.01 Å². The summed E-state index contributed by atoms with van der Waals surface area (Å²) >= 11 is 0. The highest BCUT2D eigenvalue weighted by atomic mass is 16.5. The fourth-order valence-corrected chi connectivity index (χ4v) is 1.72. The molecular formula is C13H20N2O2. The molecule has 1 atom stereocenters. The number of nitrogens with zero attached hydrogens (tertiary/aromatic N) is 1. The zero-order chi connectivity index (χ0) is 12.8. The monoisotopic (exact) mass is 236 g/mol. The number of hydrogen-bond donors (Lipinski definition) is 1. The van der Waals surface area contributed by atoms with Crippen LogP contribution in [0.25, 0.3) is 0 Å². The Morgan fingerprint density at radius 3 is 2.41 bits per heavy atom. The van der Waals surface area contributed by atoms with Gasteiger partial charge in [-0.3, -0.25) is 10.6 Å². The molecule has 94 valence electrons. The van der Waals surface area contributed by atoms with Crippen LogP contribution in [0.4, 0.5) is 0 Å². The van der Waals surface area contributed by atoms with Crippen molar-refractivity contribution in [1.29, 1.82) is 0 Å². The van der Waals surface area contributed by atoms with Crippen LogP contribution in [-0.2, 0) is 16.1 Å². The molecule has 0 aromatic heterocycles. The molecule has 0 radical (unpaired) electrons. The van der Waals surface area contributed by atoms with Crippen LogP contribution in [0.3, 0.4) is 0 Å². The van der Waals surface area contributed by atoms with Gasteiger partial charge in [0.1, 0.15) is 12.6 Å². The molecule has 2 N–H and O–H groups in total. The first-order valence-corrected chi connectivity index (χ1v) is 5.70. The lowest BCUT2D eigenvalue weighted by Gasteiger charge is -2.25.